The van der Waals surface area contributed by atoms with E-state index in [1.165, 1.54) is 12.1 Å². The van der Waals surface area contributed by atoms with Crippen molar-refractivity contribution < 1.29 is 8.42 Å². The molecule has 4 nitrogen and oxygen atoms in total. The van der Waals surface area contributed by atoms with Crippen molar-refractivity contribution in [2.45, 2.75) is 4.90 Å². The lowest BCUT2D eigenvalue weighted by Crippen LogP contribution is -2.14. The molecule has 0 amide bonds. The van der Waals surface area contributed by atoms with Gasteiger partial charge in [0.05, 0.1) is 16.3 Å². The summed E-state index contributed by atoms with van der Waals surface area (Å²) in [6.07, 6.45) is 0. The molecule has 0 aliphatic rings. The number of nitrogen functional groups attached to an aromatic ring is 1. The van der Waals surface area contributed by atoms with Gasteiger partial charge in [0.1, 0.15) is 0 Å². The number of benzene rings is 2. The van der Waals surface area contributed by atoms with Crippen molar-refractivity contribution in [2.75, 3.05) is 10.5 Å². The Morgan fingerprint density at radius 1 is 1.15 bits per heavy atom. The first-order valence-corrected chi connectivity index (χ1v) is 8.77. The minimum Gasteiger partial charge on any atom is -0.397 e. The minimum atomic E-state index is -3.75. The van der Waals surface area contributed by atoms with Crippen LogP contribution in [0.5, 0.6) is 0 Å². The molecule has 0 fully saturated rings. The van der Waals surface area contributed by atoms with Gasteiger partial charge in [-0.15, -0.1) is 0 Å². The third-order valence-electron chi connectivity index (χ3n) is 2.43. The van der Waals surface area contributed by atoms with Gasteiger partial charge in [-0.2, -0.15) is 0 Å². The van der Waals surface area contributed by atoms with Crippen molar-refractivity contribution >= 4 is 64.9 Å². The Bertz CT molecular complexity index is 743. The van der Waals surface area contributed by atoms with Crippen LogP contribution in [-0.4, -0.2) is 8.42 Å². The van der Waals surface area contributed by atoms with Crippen LogP contribution < -0.4 is 10.5 Å². The normalized spacial score (nSPS) is 11.3. The smallest absolute Gasteiger partial charge is 0.262 e. The molecule has 0 aromatic heterocycles. The summed E-state index contributed by atoms with van der Waals surface area (Å²) in [7, 11) is -3.75. The van der Waals surface area contributed by atoms with Crippen molar-refractivity contribution in [3.63, 3.8) is 0 Å². The van der Waals surface area contributed by atoms with E-state index in [0.29, 0.717) is 15.2 Å². The number of nitrogens with two attached hydrogens (primary N) is 1. The highest BCUT2D eigenvalue weighted by Gasteiger charge is 2.18. The number of nitrogens with one attached hydrogen (secondary N) is 1. The maximum absolute atomic E-state index is 12.3. The average molecular weight is 441 g/mol. The van der Waals surface area contributed by atoms with Crippen molar-refractivity contribution in [3.8, 4) is 0 Å². The minimum absolute atomic E-state index is 0.0687. The van der Waals surface area contributed by atoms with Gasteiger partial charge in [-0.25, -0.2) is 8.42 Å². The van der Waals surface area contributed by atoms with E-state index in [9.17, 15) is 8.42 Å². The monoisotopic (exact) mass is 438 g/mol. The van der Waals surface area contributed by atoms with Crippen LogP contribution in [-0.2, 0) is 10.0 Å². The van der Waals surface area contributed by atoms with Crippen LogP contribution in [0.4, 0.5) is 11.4 Å². The molecule has 20 heavy (non-hydrogen) atoms. The Morgan fingerprint density at radius 2 is 1.85 bits per heavy atom. The Hall–Kier alpha value is -0.760. The van der Waals surface area contributed by atoms with E-state index in [0.717, 1.165) is 4.47 Å². The Morgan fingerprint density at radius 3 is 2.45 bits per heavy atom. The highest BCUT2D eigenvalue weighted by atomic mass is 79.9. The van der Waals surface area contributed by atoms with Crippen LogP contribution in [0.1, 0.15) is 0 Å². The highest BCUT2D eigenvalue weighted by Crippen LogP contribution is 2.34. The predicted octanol–water partition coefficient (Wildman–Crippen LogP) is 4.25. The second-order valence-electron chi connectivity index (χ2n) is 3.91. The van der Waals surface area contributed by atoms with Crippen molar-refractivity contribution in [3.05, 3.63) is 50.4 Å². The number of sulfonamides is 1. The van der Waals surface area contributed by atoms with E-state index < -0.39 is 10.0 Å². The van der Waals surface area contributed by atoms with Gasteiger partial charge >= 0.3 is 0 Å². The SMILES string of the molecule is Nc1cc(Br)cc(Br)c1NS(=O)(=O)c1cccc(Cl)c1. The third-order valence-corrected chi connectivity index (χ3v) is 5.09. The molecule has 106 valence electrons. The summed E-state index contributed by atoms with van der Waals surface area (Å²) in [6.45, 7) is 0. The first-order valence-electron chi connectivity index (χ1n) is 5.32. The van der Waals surface area contributed by atoms with Gasteiger partial charge in [-0.3, -0.25) is 4.72 Å². The number of hydrogen-bond donors (Lipinski definition) is 2. The molecule has 0 radical (unpaired) electrons. The quantitative estimate of drug-likeness (QED) is 0.701. The fourth-order valence-electron chi connectivity index (χ4n) is 1.53. The van der Waals surface area contributed by atoms with Crippen molar-refractivity contribution in [2.24, 2.45) is 0 Å². The third kappa shape index (κ3) is 3.46. The second-order valence-corrected chi connectivity index (χ2v) is 7.80. The Balaban J connectivity index is 2.44. The number of anilines is 2. The van der Waals surface area contributed by atoms with Crippen LogP contribution in [0.2, 0.25) is 5.02 Å². The van der Waals surface area contributed by atoms with Gasteiger partial charge in [-0.05, 0) is 46.3 Å². The first-order chi connectivity index (χ1) is 9.29. The van der Waals surface area contributed by atoms with Gasteiger partial charge in [0, 0.05) is 14.0 Å². The fraction of sp³-hybridized carbons (Fsp3) is 0. The Kier molecular flexibility index (Phi) is 4.63. The van der Waals surface area contributed by atoms with Crippen LogP contribution in [0, 0.1) is 0 Å². The maximum Gasteiger partial charge on any atom is 0.262 e. The topological polar surface area (TPSA) is 72.2 Å². The zero-order chi connectivity index (χ0) is 14.9. The molecule has 0 bridgehead atoms. The molecule has 2 rings (SSSR count). The van der Waals surface area contributed by atoms with Crippen LogP contribution in [0.25, 0.3) is 0 Å². The Labute approximate surface area is 138 Å². The molecule has 8 heteroatoms. The van der Waals surface area contributed by atoms with E-state index in [1.54, 1.807) is 24.3 Å². The van der Waals surface area contributed by atoms with Gasteiger partial charge in [0.25, 0.3) is 10.0 Å². The summed E-state index contributed by atoms with van der Waals surface area (Å²) in [6, 6.07) is 9.30. The summed E-state index contributed by atoms with van der Waals surface area (Å²) in [4.78, 5) is 0.0687. The second kappa shape index (κ2) is 5.93. The molecule has 0 heterocycles. The molecule has 2 aromatic rings. The van der Waals surface area contributed by atoms with Gasteiger partial charge < -0.3 is 5.73 Å². The molecule has 2 aromatic carbocycles. The zero-order valence-corrected chi connectivity index (χ0v) is 14.6. The lowest BCUT2D eigenvalue weighted by molar-refractivity contribution is 0.601. The predicted molar refractivity (Wildman–Crippen MR) is 88.5 cm³/mol. The maximum atomic E-state index is 12.3. The van der Waals surface area contributed by atoms with Crippen LogP contribution >= 0.6 is 43.5 Å². The number of rotatable bonds is 3. The first kappa shape index (κ1) is 15.6. The van der Waals surface area contributed by atoms with Crippen LogP contribution in [0.3, 0.4) is 0 Å². The summed E-state index contributed by atoms with van der Waals surface area (Å²) in [5, 5.41) is 0.343. The van der Waals surface area contributed by atoms with E-state index in [1.807, 2.05) is 0 Å². The largest absolute Gasteiger partial charge is 0.397 e. The van der Waals surface area contributed by atoms with Crippen LogP contribution in [0.15, 0.2) is 50.2 Å². The molecular weight excluding hydrogens is 431 g/mol. The molecule has 0 aliphatic heterocycles. The summed E-state index contributed by atoms with van der Waals surface area (Å²) >= 11 is 12.4. The molecule has 0 saturated carbocycles. The molecule has 0 aliphatic carbocycles. The lowest BCUT2D eigenvalue weighted by Gasteiger charge is -2.13. The summed E-state index contributed by atoms with van der Waals surface area (Å²) < 4.78 is 28.3. The summed E-state index contributed by atoms with van der Waals surface area (Å²) in [5.74, 6) is 0. The molecule has 0 spiro atoms. The van der Waals surface area contributed by atoms with Gasteiger partial charge in [0.2, 0.25) is 0 Å². The lowest BCUT2D eigenvalue weighted by atomic mass is 10.3. The molecular formula is C12H9Br2ClN2O2S. The molecule has 0 unspecified atom stereocenters. The summed E-state index contributed by atoms with van der Waals surface area (Å²) in [5.41, 5.74) is 6.41. The molecule has 0 saturated heterocycles. The zero-order valence-electron chi connectivity index (χ0n) is 9.90. The van der Waals surface area contributed by atoms with Crippen molar-refractivity contribution in [1.82, 2.24) is 0 Å². The number of hydrogen-bond acceptors (Lipinski definition) is 3. The van der Waals surface area contributed by atoms with Gasteiger partial charge in [-0.1, -0.05) is 33.6 Å². The molecule has 3 N–H and O–H groups in total. The van der Waals surface area contributed by atoms with E-state index in [4.69, 9.17) is 17.3 Å². The number of halogens is 3. The van der Waals surface area contributed by atoms with E-state index in [2.05, 4.69) is 36.6 Å². The average Bonchev–Trinajstić information content (AvgIpc) is 2.34. The standard InChI is InChI=1S/C12H9Br2ClN2O2S/c13-7-4-10(14)12(11(16)5-7)17-20(18,19)9-3-1-2-8(15)6-9/h1-6,17H,16H2. The fourth-order valence-corrected chi connectivity index (χ4v) is 4.43. The van der Waals surface area contributed by atoms with E-state index in [-0.39, 0.29) is 10.6 Å². The highest BCUT2D eigenvalue weighted by molar-refractivity contribution is 9.11. The van der Waals surface area contributed by atoms with Crippen molar-refractivity contribution in [1.29, 1.82) is 0 Å². The molecule has 0 atom stereocenters. The van der Waals surface area contributed by atoms with E-state index >= 15 is 0 Å². The van der Waals surface area contributed by atoms with Gasteiger partial charge in [0.15, 0.2) is 0 Å².